The largest absolute Gasteiger partial charge is 0.756 e. The molecule has 332 valence electrons. The van der Waals surface area contributed by atoms with Crippen molar-refractivity contribution in [1.82, 2.24) is 0 Å². The van der Waals surface area contributed by atoms with Crippen LogP contribution in [0.3, 0.4) is 0 Å². The minimum atomic E-state index is -4.63. The number of likely N-dealkylation sites (N-methyl/N-ethyl adjacent to an activating group) is 1. The summed E-state index contributed by atoms with van der Waals surface area (Å²) in [6.07, 6.45) is 45.7. The molecule has 0 aliphatic rings. The fourth-order valence-electron chi connectivity index (χ4n) is 6.06. The van der Waals surface area contributed by atoms with Crippen LogP contribution in [-0.2, 0) is 32.7 Å². The second-order valence-electron chi connectivity index (χ2n) is 16.4. The number of allylic oxidation sites excluding steroid dienone is 8. The number of hydrogen-bond acceptors (Lipinski definition) is 8. The van der Waals surface area contributed by atoms with Crippen LogP contribution in [0.25, 0.3) is 0 Å². The van der Waals surface area contributed by atoms with Crippen molar-refractivity contribution in [2.24, 2.45) is 0 Å². The zero-order chi connectivity index (χ0) is 42.1. The Morgan fingerprint density at radius 2 is 1.02 bits per heavy atom. The zero-order valence-corrected chi connectivity index (χ0v) is 38.2. The Hall–Kier alpha value is -2.03. The predicted molar refractivity (Wildman–Crippen MR) is 236 cm³/mol. The second-order valence-corrected chi connectivity index (χ2v) is 17.9. The van der Waals surface area contributed by atoms with Crippen LogP contribution in [0.2, 0.25) is 0 Å². The third-order valence-electron chi connectivity index (χ3n) is 9.64. The van der Waals surface area contributed by atoms with E-state index in [4.69, 9.17) is 18.5 Å². The zero-order valence-electron chi connectivity index (χ0n) is 37.3. The van der Waals surface area contributed by atoms with E-state index < -0.39 is 32.5 Å². The quantitative estimate of drug-likeness (QED) is 0.0150. The molecule has 0 aromatic rings. The van der Waals surface area contributed by atoms with E-state index in [9.17, 15) is 19.0 Å². The number of esters is 2. The van der Waals surface area contributed by atoms with Gasteiger partial charge in [-0.25, -0.2) is 0 Å². The summed E-state index contributed by atoms with van der Waals surface area (Å²) < 4.78 is 33.9. The van der Waals surface area contributed by atoms with E-state index in [1.54, 1.807) is 0 Å². The maximum absolute atomic E-state index is 12.7. The number of quaternary nitrogens is 1. The Labute approximate surface area is 350 Å². The van der Waals surface area contributed by atoms with Gasteiger partial charge in [-0.1, -0.05) is 165 Å². The Morgan fingerprint density at radius 3 is 1.53 bits per heavy atom. The SMILES string of the molecule is CC/C=C/C=C/C=C/CCCCCCCC(=O)OC(COC(=O)CCCCCCCCC/C=C/CCCCCCCCCCC)COP(=O)([O-])OCC[N+](C)(C)C. The topological polar surface area (TPSA) is 111 Å². The van der Waals surface area contributed by atoms with Crippen LogP contribution in [0.15, 0.2) is 48.6 Å². The third kappa shape index (κ3) is 43.4. The minimum absolute atomic E-state index is 0.0372. The van der Waals surface area contributed by atoms with Gasteiger partial charge in [0.05, 0.1) is 27.7 Å². The van der Waals surface area contributed by atoms with E-state index in [1.807, 2.05) is 39.4 Å². The van der Waals surface area contributed by atoms with Gasteiger partial charge in [0.15, 0.2) is 6.10 Å². The summed E-state index contributed by atoms with van der Waals surface area (Å²) in [6, 6.07) is 0. The van der Waals surface area contributed by atoms with Gasteiger partial charge in [-0.3, -0.25) is 14.2 Å². The monoisotopic (exact) mass is 824 g/mol. The van der Waals surface area contributed by atoms with E-state index in [0.29, 0.717) is 17.4 Å². The molecule has 0 spiro atoms. The summed E-state index contributed by atoms with van der Waals surface area (Å²) in [4.78, 5) is 37.5. The van der Waals surface area contributed by atoms with Gasteiger partial charge in [0.1, 0.15) is 19.8 Å². The average molecular weight is 824 g/mol. The van der Waals surface area contributed by atoms with Gasteiger partial charge in [0.25, 0.3) is 7.82 Å². The Morgan fingerprint density at radius 1 is 0.561 bits per heavy atom. The van der Waals surface area contributed by atoms with Gasteiger partial charge in [0.2, 0.25) is 0 Å². The number of nitrogens with zero attached hydrogens (tertiary/aromatic N) is 1. The number of phosphoric ester groups is 1. The first kappa shape index (κ1) is 55.0. The van der Waals surface area contributed by atoms with Crippen molar-refractivity contribution in [3.63, 3.8) is 0 Å². The lowest BCUT2D eigenvalue weighted by Gasteiger charge is -2.28. The molecule has 0 aromatic heterocycles. The van der Waals surface area contributed by atoms with Gasteiger partial charge in [-0.2, -0.15) is 0 Å². The van der Waals surface area contributed by atoms with Crippen LogP contribution in [0.5, 0.6) is 0 Å². The Balaban J connectivity index is 4.31. The fraction of sp³-hybridized carbons (Fsp3) is 0.787. The highest BCUT2D eigenvalue weighted by atomic mass is 31.2. The number of carbonyl (C=O) groups is 2. The van der Waals surface area contributed by atoms with Gasteiger partial charge in [0, 0.05) is 12.8 Å². The van der Waals surface area contributed by atoms with E-state index >= 15 is 0 Å². The highest BCUT2D eigenvalue weighted by molar-refractivity contribution is 7.45. The minimum Gasteiger partial charge on any atom is -0.756 e. The highest BCUT2D eigenvalue weighted by Gasteiger charge is 2.21. The number of carbonyl (C=O) groups excluding carboxylic acids is 2. The number of rotatable bonds is 41. The van der Waals surface area contributed by atoms with Crippen LogP contribution < -0.4 is 4.89 Å². The first-order valence-electron chi connectivity index (χ1n) is 22.9. The molecule has 10 heteroatoms. The highest BCUT2D eigenvalue weighted by Crippen LogP contribution is 2.38. The van der Waals surface area contributed by atoms with Gasteiger partial charge in [-0.05, 0) is 57.8 Å². The number of phosphoric acid groups is 1. The number of unbranched alkanes of at least 4 members (excludes halogenated alkanes) is 21. The molecule has 0 amide bonds. The molecule has 57 heavy (non-hydrogen) atoms. The molecule has 0 bridgehead atoms. The Kier molecular flexibility index (Phi) is 38.0. The average Bonchev–Trinajstić information content (AvgIpc) is 3.16. The van der Waals surface area contributed by atoms with Crippen LogP contribution in [0, 0.1) is 0 Å². The normalized spacial score (nSPS) is 14.0. The molecule has 0 radical (unpaired) electrons. The van der Waals surface area contributed by atoms with Crippen molar-refractivity contribution in [2.45, 2.75) is 193 Å². The molecule has 2 atom stereocenters. The third-order valence-corrected chi connectivity index (χ3v) is 10.6. The van der Waals surface area contributed by atoms with Crippen molar-refractivity contribution in [2.75, 3.05) is 47.5 Å². The molecule has 2 unspecified atom stereocenters. The predicted octanol–water partition coefficient (Wildman–Crippen LogP) is 12.4. The lowest BCUT2D eigenvalue weighted by atomic mass is 10.1. The van der Waals surface area contributed by atoms with Crippen molar-refractivity contribution >= 4 is 19.8 Å². The van der Waals surface area contributed by atoms with E-state index in [1.165, 1.54) is 83.5 Å². The summed E-state index contributed by atoms with van der Waals surface area (Å²) in [6.45, 7) is 4.06. The smallest absolute Gasteiger partial charge is 0.306 e. The van der Waals surface area contributed by atoms with E-state index in [0.717, 1.165) is 70.6 Å². The fourth-order valence-corrected chi connectivity index (χ4v) is 6.79. The molecular formula is C47H86NO8P. The van der Waals surface area contributed by atoms with Crippen LogP contribution in [0.4, 0.5) is 0 Å². The summed E-state index contributed by atoms with van der Waals surface area (Å²) in [5.41, 5.74) is 0. The van der Waals surface area contributed by atoms with Crippen molar-refractivity contribution in [3.05, 3.63) is 48.6 Å². The van der Waals surface area contributed by atoms with Crippen molar-refractivity contribution < 1.29 is 42.1 Å². The summed E-state index contributed by atoms with van der Waals surface area (Å²) >= 11 is 0. The molecule has 0 saturated heterocycles. The van der Waals surface area contributed by atoms with Crippen molar-refractivity contribution in [3.8, 4) is 0 Å². The maximum Gasteiger partial charge on any atom is 0.306 e. The lowest BCUT2D eigenvalue weighted by Crippen LogP contribution is -2.37. The standard InChI is InChI=1S/C47H86NO8P/c1-6-8-10-12-14-16-18-20-21-22-23-24-25-26-28-29-31-33-35-37-39-46(49)53-43-45(44-55-57(51,52)54-42-41-48(3,4)5)56-47(50)40-38-36-34-32-30-27-19-17-15-13-11-9-7-2/h9,11,13,15,17,19,23-24,45H,6-8,10,12,14,16,18,20-22,25-44H2,1-5H3/b11-9+,15-13+,19-17+,24-23+. The van der Waals surface area contributed by atoms with Gasteiger partial charge >= 0.3 is 11.9 Å². The molecule has 0 rings (SSSR count). The summed E-state index contributed by atoms with van der Waals surface area (Å²) in [5.74, 6) is -0.864. The second kappa shape index (κ2) is 39.4. The molecule has 0 aliphatic carbocycles. The van der Waals surface area contributed by atoms with E-state index in [2.05, 4.69) is 44.2 Å². The molecular weight excluding hydrogens is 737 g/mol. The lowest BCUT2D eigenvalue weighted by molar-refractivity contribution is -0.870. The van der Waals surface area contributed by atoms with Crippen LogP contribution >= 0.6 is 7.82 Å². The van der Waals surface area contributed by atoms with Gasteiger partial charge in [-0.15, -0.1) is 0 Å². The molecule has 0 heterocycles. The summed E-state index contributed by atoms with van der Waals surface area (Å²) in [7, 11) is 1.14. The Bertz CT molecular complexity index is 1110. The summed E-state index contributed by atoms with van der Waals surface area (Å²) in [5, 5.41) is 0. The number of hydrogen-bond donors (Lipinski definition) is 0. The van der Waals surface area contributed by atoms with E-state index in [-0.39, 0.29) is 26.1 Å². The molecule has 0 saturated carbocycles. The maximum atomic E-state index is 12.7. The number of ether oxygens (including phenoxy) is 2. The molecule has 0 N–H and O–H groups in total. The first-order valence-corrected chi connectivity index (χ1v) is 24.3. The molecule has 0 aliphatic heterocycles. The van der Waals surface area contributed by atoms with Gasteiger partial charge < -0.3 is 27.9 Å². The van der Waals surface area contributed by atoms with Crippen molar-refractivity contribution in [1.29, 1.82) is 0 Å². The molecule has 0 aromatic carbocycles. The van der Waals surface area contributed by atoms with Crippen LogP contribution in [0.1, 0.15) is 187 Å². The van der Waals surface area contributed by atoms with Crippen LogP contribution in [-0.4, -0.2) is 70.0 Å². The first-order chi connectivity index (χ1) is 27.5. The molecule has 0 fully saturated rings. The molecule has 9 nitrogen and oxygen atoms in total.